The van der Waals surface area contributed by atoms with Gasteiger partial charge in [0.15, 0.2) is 0 Å². The molecule has 3 nitrogen and oxygen atoms in total. The summed E-state index contributed by atoms with van der Waals surface area (Å²) in [7, 11) is 0. The molecule has 3 N–H and O–H groups in total. The van der Waals surface area contributed by atoms with Gasteiger partial charge in [0, 0.05) is 11.6 Å². The number of carbonyl (C=O) groups is 1. The molecule has 0 aromatic heterocycles. The molecule has 0 saturated carbocycles. The lowest BCUT2D eigenvalue weighted by Gasteiger charge is -2.16. The minimum absolute atomic E-state index is 0.0494. The maximum Gasteiger partial charge on any atom is 0.252 e. The van der Waals surface area contributed by atoms with E-state index in [1.54, 1.807) is 0 Å². The summed E-state index contributed by atoms with van der Waals surface area (Å²) in [6.45, 7) is 6.49. The number of aryl methyl sites for hydroxylation is 1. The van der Waals surface area contributed by atoms with Crippen LogP contribution in [0.1, 0.15) is 54.6 Å². The number of amides is 1. The van der Waals surface area contributed by atoms with Crippen LogP contribution in [0.3, 0.4) is 0 Å². The van der Waals surface area contributed by atoms with Gasteiger partial charge in [-0.1, -0.05) is 38.2 Å². The van der Waals surface area contributed by atoms with E-state index in [-0.39, 0.29) is 11.9 Å². The van der Waals surface area contributed by atoms with Crippen LogP contribution in [-0.4, -0.2) is 18.5 Å². The summed E-state index contributed by atoms with van der Waals surface area (Å²) >= 11 is 0. The first kappa shape index (κ1) is 16.3. The summed E-state index contributed by atoms with van der Waals surface area (Å²) in [6.07, 6.45) is 3.00. The predicted octanol–water partition coefficient (Wildman–Crippen LogP) is 2.61. The van der Waals surface area contributed by atoms with Gasteiger partial charge in [-0.3, -0.25) is 4.79 Å². The second kappa shape index (κ2) is 8.39. The first-order valence-electron chi connectivity index (χ1n) is 7.22. The van der Waals surface area contributed by atoms with Gasteiger partial charge in [-0.2, -0.15) is 0 Å². The molecule has 0 spiro atoms. The van der Waals surface area contributed by atoms with Gasteiger partial charge in [-0.15, -0.1) is 0 Å². The van der Waals surface area contributed by atoms with Crippen molar-refractivity contribution in [2.24, 2.45) is 5.73 Å². The fraction of sp³-hybridized carbons (Fsp3) is 0.471. The highest BCUT2D eigenvalue weighted by atomic mass is 16.1. The van der Waals surface area contributed by atoms with E-state index in [2.05, 4.69) is 31.0 Å². The van der Waals surface area contributed by atoms with Crippen LogP contribution in [0.15, 0.2) is 18.2 Å². The normalized spacial score (nSPS) is 11.4. The van der Waals surface area contributed by atoms with Crippen LogP contribution in [0.4, 0.5) is 0 Å². The third-order valence-electron chi connectivity index (χ3n) is 3.21. The molecule has 0 heterocycles. The van der Waals surface area contributed by atoms with Crippen molar-refractivity contribution in [2.45, 2.75) is 46.1 Å². The Balaban J connectivity index is 2.97. The Kier molecular flexibility index (Phi) is 6.83. The number of nitrogens with one attached hydrogen (secondary N) is 1. The number of rotatable bonds is 5. The SMILES string of the molecule is CCCC(CC)NC(=O)c1ccc(C)cc1C#CCN. The number of carbonyl (C=O) groups excluding carboxylic acids is 1. The molecule has 0 saturated heterocycles. The number of benzene rings is 1. The maximum atomic E-state index is 12.4. The summed E-state index contributed by atoms with van der Waals surface area (Å²) < 4.78 is 0. The summed E-state index contributed by atoms with van der Waals surface area (Å²) in [5.41, 5.74) is 7.87. The third kappa shape index (κ3) is 4.71. The Hall–Kier alpha value is -1.79. The molecule has 0 aliphatic rings. The monoisotopic (exact) mass is 272 g/mol. The van der Waals surface area contributed by atoms with Gasteiger partial charge in [0.05, 0.1) is 12.1 Å². The van der Waals surface area contributed by atoms with Crippen molar-refractivity contribution in [1.82, 2.24) is 5.32 Å². The first-order valence-corrected chi connectivity index (χ1v) is 7.22. The van der Waals surface area contributed by atoms with Crippen LogP contribution in [0.5, 0.6) is 0 Å². The molecule has 0 radical (unpaired) electrons. The van der Waals surface area contributed by atoms with Crippen molar-refractivity contribution in [3.63, 3.8) is 0 Å². The second-order valence-corrected chi connectivity index (χ2v) is 4.92. The first-order chi connectivity index (χ1) is 9.62. The number of nitrogens with two attached hydrogens (primary N) is 1. The fourth-order valence-corrected chi connectivity index (χ4v) is 2.10. The van der Waals surface area contributed by atoms with Gasteiger partial charge in [0.25, 0.3) is 5.91 Å². The van der Waals surface area contributed by atoms with Crippen LogP contribution < -0.4 is 11.1 Å². The van der Waals surface area contributed by atoms with Crippen molar-refractivity contribution >= 4 is 5.91 Å². The third-order valence-corrected chi connectivity index (χ3v) is 3.21. The molecule has 0 aliphatic carbocycles. The fourth-order valence-electron chi connectivity index (χ4n) is 2.10. The average molecular weight is 272 g/mol. The number of hydrogen-bond donors (Lipinski definition) is 2. The molecule has 1 atom stereocenters. The number of hydrogen-bond acceptors (Lipinski definition) is 2. The van der Waals surface area contributed by atoms with E-state index < -0.39 is 0 Å². The molecule has 1 rings (SSSR count). The molecule has 1 aromatic carbocycles. The van der Waals surface area contributed by atoms with Crippen LogP contribution in [0.2, 0.25) is 0 Å². The Labute approximate surface area is 121 Å². The van der Waals surface area contributed by atoms with Crippen LogP contribution in [0, 0.1) is 18.8 Å². The maximum absolute atomic E-state index is 12.4. The molecule has 3 heteroatoms. The van der Waals surface area contributed by atoms with Crippen LogP contribution in [-0.2, 0) is 0 Å². The zero-order valence-corrected chi connectivity index (χ0v) is 12.6. The molecule has 1 unspecified atom stereocenters. The van der Waals surface area contributed by atoms with Crippen molar-refractivity contribution < 1.29 is 4.79 Å². The summed E-state index contributed by atoms with van der Waals surface area (Å²) in [5, 5.41) is 3.08. The predicted molar refractivity (Wildman–Crippen MR) is 83.6 cm³/mol. The minimum atomic E-state index is -0.0494. The van der Waals surface area contributed by atoms with Gasteiger partial charge in [0.2, 0.25) is 0 Å². The van der Waals surface area contributed by atoms with Crippen LogP contribution >= 0.6 is 0 Å². The van der Waals surface area contributed by atoms with E-state index in [1.807, 2.05) is 25.1 Å². The Morgan fingerprint density at radius 1 is 1.40 bits per heavy atom. The van der Waals surface area contributed by atoms with E-state index in [0.29, 0.717) is 12.1 Å². The van der Waals surface area contributed by atoms with E-state index in [4.69, 9.17) is 5.73 Å². The van der Waals surface area contributed by atoms with Crippen molar-refractivity contribution in [3.05, 3.63) is 34.9 Å². The molecule has 0 aliphatic heterocycles. The molecular weight excluding hydrogens is 248 g/mol. The molecule has 1 aromatic rings. The van der Waals surface area contributed by atoms with Gasteiger partial charge < -0.3 is 11.1 Å². The lowest BCUT2D eigenvalue weighted by atomic mass is 10.0. The summed E-state index contributed by atoms with van der Waals surface area (Å²) in [5.74, 6) is 5.75. The topological polar surface area (TPSA) is 55.1 Å². The smallest absolute Gasteiger partial charge is 0.252 e. The van der Waals surface area contributed by atoms with Crippen molar-refractivity contribution in [2.75, 3.05) is 6.54 Å². The highest BCUT2D eigenvalue weighted by molar-refractivity contribution is 5.97. The van der Waals surface area contributed by atoms with Gasteiger partial charge in [-0.25, -0.2) is 0 Å². The Bertz CT molecular complexity index is 511. The van der Waals surface area contributed by atoms with E-state index in [9.17, 15) is 4.79 Å². The lowest BCUT2D eigenvalue weighted by molar-refractivity contribution is 0.0933. The summed E-state index contributed by atoms with van der Waals surface area (Å²) in [6, 6.07) is 5.93. The average Bonchev–Trinajstić information content (AvgIpc) is 2.44. The molecule has 0 fully saturated rings. The standard InChI is InChI=1S/C17H24N2O/c1-4-7-15(5-2)19-17(20)16-10-9-13(3)12-14(16)8-6-11-18/h9-10,12,15H,4-5,7,11,18H2,1-3H3,(H,19,20). The van der Waals surface area contributed by atoms with Gasteiger partial charge in [0.1, 0.15) is 0 Å². The van der Waals surface area contributed by atoms with E-state index >= 15 is 0 Å². The Morgan fingerprint density at radius 2 is 2.15 bits per heavy atom. The van der Waals surface area contributed by atoms with Crippen molar-refractivity contribution in [3.8, 4) is 11.8 Å². The minimum Gasteiger partial charge on any atom is -0.349 e. The zero-order chi connectivity index (χ0) is 15.0. The highest BCUT2D eigenvalue weighted by Gasteiger charge is 2.14. The van der Waals surface area contributed by atoms with Crippen molar-refractivity contribution in [1.29, 1.82) is 0 Å². The molecular formula is C17H24N2O. The largest absolute Gasteiger partial charge is 0.349 e. The molecule has 108 valence electrons. The zero-order valence-electron chi connectivity index (χ0n) is 12.6. The quantitative estimate of drug-likeness (QED) is 0.810. The Morgan fingerprint density at radius 3 is 2.75 bits per heavy atom. The van der Waals surface area contributed by atoms with Gasteiger partial charge in [-0.05, 0) is 37.5 Å². The molecule has 1 amide bonds. The highest BCUT2D eigenvalue weighted by Crippen LogP contribution is 2.12. The summed E-state index contributed by atoms with van der Waals surface area (Å²) in [4.78, 5) is 12.4. The van der Waals surface area contributed by atoms with E-state index in [0.717, 1.165) is 30.4 Å². The second-order valence-electron chi connectivity index (χ2n) is 4.92. The van der Waals surface area contributed by atoms with Crippen LogP contribution in [0.25, 0.3) is 0 Å². The lowest BCUT2D eigenvalue weighted by Crippen LogP contribution is -2.34. The molecule has 0 bridgehead atoms. The van der Waals surface area contributed by atoms with Gasteiger partial charge >= 0.3 is 0 Å². The van der Waals surface area contributed by atoms with E-state index in [1.165, 1.54) is 0 Å². The molecule has 20 heavy (non-hydrogen) atoms.